The standard InChI is InChI=1S/C15H28N2/c1-2-15(6-3-7-15)10-17-9-13-11-4-5-12(8-11)14(13)16/h11-14,17H,2-10,16H2,1H3. The second kappa shape index (κ2) is 4.55. The number of nitrogens with two attached hydrogens (primary N) is 1. The molecular weight excluding hydrogens is 208 g/mol. The topological polar surface area (TPSA) is 38.0 Å². The molecule has 0 aromatic carbocycles. The minimum Gasteiger partial charge on any atom is -0.327 e. The van der Waals surface area contributed by atoms with Gasteiger partial charge in [-0.25, -0.2) is 0 Å². The Morgan fingerprint density at radius 1 is 1.24 bits per heavy atom. The van der Waals surface area contributed by atoms with Crippen LogP contribution in [0.3, 0.4) is 0 Å². The summed E-state index contributed by atoms with van der Waals surface area (Å²) >= 11 is 0. The molecule has 0 heterocycles. The van der Waals surface area contributed by atoms with Crippen molar-refractivity contribution >= 4 is 0 Å². The van der Waals surface area contributed by atoms with Crippen LogP contribution >= 0.6 is 0 Å². The molecule has 3 N–H and O–H groups in total. The summed E-state index contributed by atoms with van der Waals surface area (Å²) < 4.78 is 0. The zero-order chi connectivity index (χ0) is 11.9. The SMILES string of the molecule is CCC1(CNCC2C3CCC(C3)C2N)CCC1. The van der Waals surface area contributed by atoms with Crippen molar-refractivity contribution in [1.29, 1.82) is 0 Å². The van der Waals surface area contributed by atoms with Crippen LogP contribution < -0.4 is 11.1 Å². The van der Waals surface area contributed by atoms with Gasteiger partial charge in [0.05, 0.1) is 0 Å². The van der Waals surface area contributed by atoms with Gasteiger partial charge in [-0.05, 0) is 68.2 Å². The predicted molar refractivity (Wildman–Crippen MR) is 71.7 cm³/mol. The smallest absolute Gasteiger partial charge is 0.0110 e. The van der Waals surface area contributed by atoms with Gasteiger partial charge in [0.25, 0.3) is 0 Å². The van der Waals surface area contributed by atoms with Gasteiger partial charge in [-0.1, -0.05) is 13.3 Å². The highest BCUT2D eigenvalue weighted by molar-refractivity contribution is 5.00. The molecule has 0 aromatic heterocycles. The van der Waals surface area contributed by atoms with E-state index >= 15 is 0 Å². The van der Waals surface area contributed by atoms with Crippen LogP contribution in [0.15, 0.2) is 0 Å². The van der Waals surface area contributed by atoms with Gasteiger partial charge in [-0.2, -0.15) is 0 Å². The van der Waals surface area contributed by atoms with Gasteiger partial charge in [-0.3, -0.25) is 0 Å². The predicted octanol–water partition coefficient (Wildman–Crippen LogP) is 2.53. The van der Waals surface area contributed by atoms with Crippen molar-refractivity contribution < 1.29 is 0 Å². The van der Waals surface area contributed by atoms with E-state index in [0.29, 0.717) is 11.5 Å². The average molecular weight is 236 g/mol. The summed E-state index contributed by atoms with van der Waals surface area (Å²) in [4.78, 5) is 0. The van der Waals surface area contributed by atoms with E-state index in [4.69, 9.17) is 5.73 Å². The fourth-order valence-corrected chi connectivity index (χ4v) is 4.59. The van der Waals surface area contributed by atoms with Crippen molar-refractivity contribution in [2.45, 2.75) is 57.9 Å². The number of hydrogen-bond donors (Lipinski definition) is 2. The van der Waals surface area contributed by atoms with Crippen molar-refractivity contribution in [2.75, 3.05) is 13.1 Å². The van der Waals surface area contributed by atoms with Gasteiger partial charge < -0.3 is 11.1 Å². The molecular formula is C15H28N2. The van der Waals surface area contributed by atoms with E-state index < -0.39 is 0 Å². The lowest BCUT2D eigenvalue weighted by molar-refractivity contribution is 0.119. The highest BCUT2D eigenvalue weighted by Crippen LogP contribution is 2.47. The van der Waals surface area contributed by atoms with Crippen LogP contribution in [0.4, 0.5) is 0 Å². The normalized spacial score (nSPS) is 42.7. The lowest BCUT2D eigenvalue weighted by Gasteiger charge is -2.42. The van der Waals surface area contributed by atoms with Crippen molar-refractivity contribution in [3.63, 3.8) is 0 Å². The van der Waals surface area contributed by atoms with Gasteiger partial charge in [0.15, 0.2) is 0 Å². The van der Waals surface area contributed by atoms with E-state index in [1.54, 1.807) is 0 Å². The number of rotatable bonds is 5. The Kier molecular flexibility index (Phi) is 3.20. The van der Waals surface area contributed by atoms with Gasteiger partial charge in [0.2, 0.25) is 0 Å². The first-order valence-electron chi connectivity index (χ1n) is 7.70. The van der Waals surface area contributed by atoms with Crippen molar-refractivity contribution in [2.24, 2.45) is 28.9 Å². The molecule has 4 atom stereocenters. The Hall–Kier alpha value is -0.0800. The number of nitrogens with one attached hydrogen (secondary N) is 1. The van der Waals surface area contributed by atoms with Crippen LogP contribution in [-0.4, -0.2) is 19.1 Å². The molecule has 2 nitrogen and oxygen atoms in total. The van der Waals surface area contributed by atoms with Crippen LogP contribution in [0.2, 0.25) is 0 Å². The molecule has 0 saturated heterocycles. The van der Waals surface area contributed by atoms with E-state index in [1.165, 1.54) is 58.0 Å². The highest BCUT2D eigenvalue weighted by Gasteiger charge is 2.45. The molecule has 98 valence electrons. The molecule has 0 spiro atoms. The first-order valence-corrected chi connectivity index (χ1v) is 7.70. The van der Waals surface area contributed by atoms with E-state index in [2.05, 4.69) is 12.2 Å². The zero-order valence-electron chi connectivity index (χ0n) is 11.3. The second-order valence-corrected chi connectivity index (χ2v) is 6.91. The summed E-state index contributed by atoms with van der Waals surface area (Å²) in [5, 5.41) is 3.76. The summed E-state index contributed by atoms with van der Waals surface area (Å²) in [5.41, 5.74) is 7.01. The van der Waals surface area contributed by atoms with E-state index in [-0.39, 0.29) is 0 Å². The molecule has 3 saturated carbocycles. The number of hydrogen-bond acceptors (Lipinski definition) is 2. The zero-order valence-corrected chi connectivity index (χ0v) is 11.3. The summed E-state index contributed by atoms with van der Waals surface area (Å²) in [5.74, 6) is 2.58. The third kappa shape index (κ3) is 2.04. The van der Waals surface area contributed by atoms with Crippen LogP contribution in [0.1, 0.15) is 51.9 Å². The summed E-state index contributed by atoms with van der Waals surface area (Å²) in [6, 6.07) is 0.500. The maximum atomic E-state index is 6.35. The lowest BCUT2D eigenvalue weighted by Crippen LogP contribution is -2.45. The summed E-state index contributed by atoms with van der Waals surface area (Å²) in [6.07, 6.45) is 9.96. The maximum Gasteiger partial charge on any atom is 0.0110 e. The molecule has 3 rings (SSSR count). The van der Waals surface area contributed by atoms with Crippen LogP contribution in [0.5, 0.6) is 0 Å². The summed E-state index contributed by atoms with van der Waals surface area (Å²) in [6.45, 7) is 4.78. The van der Waals surface area contributed by atoms with E-state index in [0.717, 1.165) is 17.8 Å². The Labute approximate surface area is 106 Å². The molecule has 3 aliphatic carbocycles. The minimum atomic E-state index is 0.500. The first kappa shape index (κ1) is 12.0. The molecule has 2 heteroatoms. The maximum absolute atomic E-state index is 6.35. The molecule has 2 bridgehead atoms. The van der Waals surface area contributed by atoms with Crippen molar-refractivity contribution in [3.8, 4) is 0 Å². The average Bonchev–Trinajstić information content (AvgIpc) is 2.85. The number of fused-ring (bicyclic) bond motifs is 2. The van der Waals surface area contributed by atoms with E-state index in [9.17, 15) is 0 Å². The van der Waals surface area contributed by atoms with Gasteiger partial charge in [0, 0.05) is 12.6 Å². The Morgan fingerprint density at radius 2 is 2.00 bits per heavy atom. The van der Waals surface area contributed by atoms with Crippen LogP contribution in [0.25, 0.3) is 0 Å². The third-order valence-electron chi connectivity index (χ3n) is 6.20. The van der Waals surface area contributed by atoms with E-state index in [1.807, 2.05) is 0 Å². The molecule has 3 aliphatic rings. The molecule has 0 radical (unpaired) electrons. The quantitative estimate of drug-likeness (QED) is 0.770. The molecule has 0 aliphatic heterocycles. The largest absolute Gasteiger partial charge is 0.327 e. The fourth-order valence-electron chi connectivity index (χ4n) is 4.59. The summed E-state index contributed by atoms with van der Waals surface area (Å²) in [7, 11) is 0. The van der Waals surface area contributed by atoms with Crippen LogP contribution in [-0.2, 0) is 0 Å². The molecule has 3 fully saturated rings. The molecule has 4 unspecified atom stereocenters. The van der Waals surface area contributed by atoms with Crippen LogP contribution in [0, 0.1) is 23.2 Å². The fraction of sp³-hybridized carbons (Fsp3) is 1.00. The molecule has 0 amide bonds. The van der Waals surface area contributed by atoms with Gasteiger partial charge in [0.1, 0.15) is 0 Å². The minimum absolute atomic E-state index is 0.500. The highest BCUT2D eigenvalue weighted by atomic mass is 14.9. The Morgan fingerprint density at radius 3 is 2.53 bits per heavy atom. The Balaban J connectivity index is 1.45. The van der Waals surface area contributed by atoms with Crippen molar-refractivity contribution in [1.82, 2.24) is 5.32 Å². The molecule has 0 aromatic rings. The Bertz CT molecular complexity index is 265. The van der Waals surface area contributed by atoms with Crippen molar-refractivity contribution in [3.05, 3.63) is 0 Å². The second-order valence-electron chi connectivity index (χ2n) is 6.91. The third-order valence-corrected chi connectivity index (χ3v) is 6.20. The van der Waals surface area contributed by atoms with Gasteiger partial charge >= 0.3 is 0 Å². The lowest BCUT2D eigenvalue weighted by atomic mass is 9.67. The monoisotopic (exact) mass is 236 g/mol. The molecule has 17 heavy (non-hydrogen) atoms. The van der Waals surface area contributed by atoms with Gasteiger partial charge in [-0.15, -0.1) is 0 Å². The first-order chi connectivity index (χ1) is 8.24.